The van der Waals surface area contributed by atoms with E-state index in [-0.39, 0.29) is 49.9 Å². The van der Waals surface area contributed by atoms with Gasteiger partial charge in [-0.15, -0.1) is 0 Å². The van der Waals surface area contributed by atoms with Crippen molar-refractivity contribution in [2.75, 3.05) is 19.7 Å². The number of carboxylic acids is 1. The molecule has 1 aliphatic heterocycles. The first-order valence-electron chi connectivity index (χ1n) is 12.2. The van der Waals surface area contributed by atoms with Gasteiger partial charge >= 0.3 is 12.1 Å². The summed E-state index contributed by atoms with van der Waals surface area (Å²) in [7, 11) is 0. The van der Waals surface area contributed by atoms with Crippen molar-refractivity contribution in [3.8, 4) is 11.1 Å². The molecular weight excluding hydrogens is 448 g/mol. The highest BCUT2D eigenvalue weighted by molar-refractivity contribution is 5.80. The molecule has 2 amide bonds. The van der Waals surface area contributed by atoms with Gasteiger partial charge in [0, 0.05) is 31.5 Å². The van der Waals surface area contributed by atoms with Crippen molar-refractivity contribution in [3.05, 3.63) is 59.7 Å². The minimum Gasteiger partial charge on any atom is -0.481 e. The Hall–Kier alpha value is -3.39. The van der Waals surface area contributed by atoms with E-state index in [1.54, 1.807) is 0 Å². The van der Waals surface area contributed by atoms with Gasteiger partial charge in [-0.05, 0) is 47.4 Å². The molecule has 1 saturated heterocycles. The number of carboxylic acid groups (broad SMARTS) is 1. The van der Waals surface area contributed by atoms with Crippen LogP contribution in [0.15, 0.2) is 48.5 Å². The molecular formula is C27H30N2O6. The standard InChI is InChI=1S/C27H30N2O6/c30-19-12-17(26(32)33)13-29(14-19)25(31)11-16-9-18(10-16)28-27(34)35-15-24-22-7-3-1-5-20(22)21-6-2-4-8-23(21)24/h1-8,16-19,24,30H,9-15H2,(H,28,34)(H,32,33). The van der Waals surface area contributed by atoms with E-state index < -0.39 is 24.1 Å². The van der Waals surface area contributed by atoms with Gasteiger partial charge in [0.2, 0.25) is 5.91 Å². The Morgan fingerprint density at radius 3 is 2.20 bits per heavy atom. The van der Waals surface area contributed by atoms with E-state index in [0.29, 0.717) is 19.3 Å². The Balaban J connectivity index is 1.07. The lowest BCUT2D eigenvalue weighted by atomic mass is 9.78. The number of alkyl carbamates (subject to hydrolysis) is 1. The van der Waals surface area contributed by atoms with Crippen molar-refractivity contribution in [2.45, 2.75) is 43.7 Å². The number of amides is 2. The lowest BCUT2D eigenvalue weighted by molar-refractivity contribution is -0.149. The number of carbonyl (C=O) groups excluding carboxylic acids is 2. The molecule has 8 heteroatoms. The zero-order chi connectivity index (χ0) is 24.5. The van der Waals surface area contributed by atoms with Gasteiger partial charge in [0.1, 0.15) is 6.61 Å². The number of nitrogens with one attached hydrogen (secondary N) is 1. The zero-order valence-corrected chi connectivity index (χ0v) is 19.4. The highest BCUT2D eigenvalue weighted by Gasteiger charge is 2.37. The van der Waals surface area contributed by atoms with Crippen molar-refractivity contribution in [2.24, 2.45) is 11.8 Å². The Morgan fingerprint density at radius 2 is 1.57 bits per heavy atom. The smallest absolute Gasteiger partial charge is 0.407 e. The minimum absolute atomic E-state index is 0.00873. The molecule has 0 radical (unpaired) electrons. The molecule has 2 aromatic rings. The summed E-state index contributed by atoms with van der Waals surface area (Å²) in [6, 6.07) is 16.3. The predicted molar refractivity (Wildman–Crippen MR) is 128 cm³/mol. The SMILES string of the molecule is O=C(NC1CC(CC(=O)N2CC(O)CC(C(=O)O)C2)C1)OCC1c2ccccc2-c2ccccc21. The molecule has 1 heterocycles. The van der Waals surface area contributed by atoms with E-state index in [4.69, 9.17) is 4.74 Å². The van der Waals surface area contributed by atoms with Gasteiger partial charge in [0.05, 0.1) is 12.0 Å². The molecule has 184 valence electrons. The summed E-state index contributed by atoms with van der Waals surface area (Å²) in [6.07, 6.45) is 0.559. The molecule has 0 bridgehead atoms. The number of hydrogen-bond acceptors (Lipinski definition) is 5. The molecule has 8 nitrogen and oxygen atoms in total. The number of likely N-dealkylation sites (tertiary alicyclic amines) is 1. The number of fused-ring (bicyclic) bond motifs is 3. The Kier molecular flexibility index (Phi) is 6.47. The first-order chi connectivity index (χ1) is 16.9. The van der Waals surface area contributed by atoms with E-state index in [1.807, 2.05) is 24.3 Å². The molecule has 3 N–H and O–H groups in total. The minimum atomic E-state index is -0.988. The molecule has 2 aromatic carbocycles. The summed E-state index contributed by atoms with van der Waals surface area (Å²) < 4.78 is 5.59. The fourth-order valence-electron chi connectivity index (χ4n) is 5.66. The van der Waals surface area contributed by atoms with Crippen molar-refractivity contribution in [1.29, 1.82) is 0 Å². The third kappa shape index (κ3) is 4.89. The Morgan fingerprint density at radius 1 is 0.943 bits per heavy atom. The average Bonchev–Trinajstić information content (AvgIpc) is 3.14. The monoisotopic (exact) mass is 478 g/mol. The number of rotatable bonds is 6. The van der Waals surface area contributed by atoms with Crippen LogP contribution in [0.5, 0.6) is 0 Å². The maximum Gasteiger partial charge on any atom is 0.407 e. The van der Waals surface area contributed by atoms with Crippen LogP contribution in [-0.2, 0) is 14.3 Å². The molecule has 2 aliphatic carbocycles. The molecule has 2 atom stereocenters. The van der Waals surface area contributed by atoms with Crippen molar-refractivity contribution >= 4 is 18.0 Å². The molecule has 0 aromatic heterocycles. The number of β-amino-alcohol motifs (C(OH)–C–C–N with tert-alkyl or cyclic N) is 1. The van der Waals surface area contributed by atoms with Crippen LogP contribution in [0, 0.1) is 11.8 Å². The normalized spacial score (nSPS) is 25.2. The van der Waals surface area contributed by atoms with Crippen LogP contribution in [0.2, 0.25) is 0 Å². The maximum absolute atomic E-state index is 12.6. The number of aliphatic hydroxyl groups is 1. The number of aliphatic hydroxyl groups excluding tert-OH is 1. The number of nitrogens with zero attached hydrogens (tertiary/aromatic N) is 1. The van der Waals surface area contributed by atoms with Crippen LogP contribution in [0.25, 0.3) is 11.1 Å². The number of aliphatic carboxylic acids is 1. The van der Waals surface area contributed by atoms with Crippen molar-refractivity contribution in [3.63, 3.8) is 0 Å². The second-order valence-electron chi connectivity index (χ2n) is 9.93. The number of carbonyl (C=O) groups is 3. The van der Waals surface area contributed by atoms with Crippen molar-refractivity contribution < 1.29 is 29.3 Å². The topological polar surface area (TPSA) is 116 Å². The van der Waals surface area contributed by atoms with Gasteiger partial charge in [-0.2, -0.15) is 0 Å². The quantitative estimate of drug-likeness (QED) is 0.588. The van der Waals surface area contributed by atoms with Crippen LogP contribution in [0.1, 0.15) is 42.7 Å². The van der Waals surface area contributed by atoms with Crippen molar-refractivity contribution in [1.82, 2.24) is 10.2 Å². The van der Waals surface area contributed by atoms with E-state index in [1.165, 1.54) is 16.0 Å². The third-order valence-corrected chi connectivity index (χ3v) is 7.50. The summed E-state index contributed by atoms with van der Waals surface area (Å²) in [5, 5.41) is 22.0. The van der Waals surface area contributed by atoms with Crippen LogP contribution >= 0.6 is 0 Å². The van der Waals surface area contributed by atoms with Gasteiger partial charge in [-0.25, -0.2) is 4.79 Å². The highest BCUT2D eigenvalue weighted by Crippen LogP contribution is 2.44. The van der Waals surface area contributed by atoms with Gasteiger partial charge < -0.3 is 25.2 Å². The van der Waals surface area contributed by atoms with E-state index in [2.05, 4.69) is 29.6 Å². The fraction of sp³-hybridized carbons (Fsp3) is 0.444. The fourth-order valence-corrected chi connectivity index (χ4v) is 5.66. The number of ether oxygens (including phenoxy) is 1. The highest BCUT2D eigenvalue weighted by atomic mass is 16.5. The molecule has 2 fully saturated rings. The molecule has 1 saturated carbocycles. The molecule has 3 aliphatic rings. The maximum atomic E-state index is 12.6. The summed E-state index contributed by atoms with van der Waals surface area (Å²) >= 11 is 0. The molecule has 35 heavy (non-hydrogen) atoms. The van der Waals surface area contributed by atoms with Crippen LogP contribution in [0.4, 0.5) is 4.79 Å². The Labute approximate surface area is 203 Å². The summed E-state index contributed by atoms with van der Waals surface area (Å²) in [5.41, 5.74) is 4.69. The largest absolute Gasteiger partial charge is 0.481 e. The first-order valence-corrected chi connectivity index (χ1v) is 12.2. The molecule has 0 spiro atoms. The first kappa shape index (κ1) is 23.4. The number of benzene rings is 2. The van der Waals surface area contributed by atoms with E-state index >= 15 is 0 Å². The molecule has 5 rings (SSSR count). The lowest BCUT2D eigenvalue weighted by Crippen LogP contribution is -2.50. The Bertz CT molecular complexity index is 1080. The number of hydrogen-bond donors (Lipinski definition) is 3. The van der Waals surface area contributed by atoms with Crippen LogP contribution < -0.4 is 5.32 Å². The zero-order valence-electron chi connectivity index (χ0n) is 19.4. The summed E-state index contributed by atoms with van der Waals surface area (Å²) in [5.74, 6) is -1.72. The second-order valence-corrected chi connectivity index (χ2v) is 9.93. The van der Waals surface area contributed by atoms with Gasteiger partial charge in [-0.3, -0.25) is 9.59 Å². The van der Waals surface area contributed by atoms with Gasteiger partial charge in [0.15, 0.2) is 0 Å². The molecule has 2 unspecified atom stereocenters. The average molecular weight is 479 g/mol. The van der Waals surface area contributed by atoms with E-state index in [9.17, 15) is 24.6 Å². The second kappa shape index (κ2) is 9.70. The summed E-state index contributed by atoms with van der Waals surface area (Å²) in [6.45, 7) is 0.576. The van der Waals surface area contributed by atoms with Gasteiger partial charge in [0.25, 0.3) is 0 Å². The van der Waals surface area contributed by atoms with Gasteiger partial charge in [-0.1, -0.05) is 48.5 Å². The van der Waals surface area contributed by atoms with Crippen LogP contribution in [0.3, 0.4) is 0 Å². The van der Waals surface area contributed by atoms with E-state index in [0.717, 1.165) is 11.1 Å². The lowest BCUT2D eigenvalue weighted by Gasteiger charge is -2.38. The summed E-state index contributed by atoms with van der Waals surface area (Å²) in [4.78, 5) is 37.8. The van der Waals surface area contributed by atoms with Crippen LogP contribution in [-0.4, -0.2) is 64.9 Å². The predicted octanol–water partition coefficient (Wildman–Crippen LogP) is 2.99. The number of piperidine rings is 1. The third-order valence-electron chi connectivity index (χ3n) is 7.50.